The number of carbonyl (C=O) groups is 1. The number of aliphatic hydroxyl groups excluding tert-OH is 2. The normalized spacial score (nSPS) is 23.0. The molecule has 1 amide bonds. The Morgan fingerprint density at radius 3 is 2.69 bits per heavy atom. The van der Waals surface area contributed by atoms with Crippen LogP contribution in [-0.2, 0) is 9.53 Å². The second-order valence-corrected chi connectivity index (χ2v) is 8.24. The molecule has 0 saturated carbocycles. The Bertz CT molecular complexity index is 845. The smallest absolute Gasteiger partial charge is 0.221 e. The second-order valence-electron chi connectivity index (χ2n) is 8.24. The number of aromatic nitrogens is 2. The van der Waals surface area contributed by atoms with E-state index in [2.05, 4.69) is 15.3 Å². The molecule has 2 heterocycles. The zero-order valence-electron chi connectivity index (χ0n) is 18.4. The molecule has 2 aromatic rings. The summed E-state index contributed by atoms with van der Waals surface area (Å²) >= 11 is 0. The monoisotopic (exact) mass is 446 g/mol. The molecule has 1 aromatic heterocycles. The lowest BCUT2D eigenvalue weighted by Crippen LogP contribution is -2.45. The minimum atomic E-state index is -1.18. The van der Waals surface area contributed by atoms with Gasteiger partial charge < -0.3 is 25.2 Å². The van der Waals surface area contributed by atoms with E-state index in [-0.39, 0.29) is 24.5 Å². The molecule has 0 bridgehead atoms. The number of hydrogen-bond acceptors (Lipinski definition) is 7. The summed E-state index contributed by atoms with van der Waals surface area (Å²) in [5.74, 6) is -0.338. The first-order chi connectivity index (χ1) is 15.4. The summed E-state index contributed by atoms with van der Waals surface area (Å²) in [7, 11) is 1.89. The second kappa shape index (κ2) is 11.4. The predicted molar refractivity (Wildman–Crippen MR) is 117 cm³/mol. The minimum absolute atomic E-state index is 0.0496. The fourth-order valence-corrected chi connectivity index (χ4v) is 3.92. The van der Waals surface area contributed by atoms with E-state index in [0.717, 1.165) is 12.0 Å². The molecule has 3 N–H and O–H groups in total. The first kappa shape index (κ1) is 24.2. The van der Waals surface area contributed by atoms with Crippen molar-refractivity contribution < 1.29 is 24.1 Å². The number of nitrogens with zero attached hydrogens (tertiary/aromatic N) is 3. The van der Waals surface area contributed by atoms with Crippen LogP contribution >= 0.6 is 0 Å². The SMILES string of the molecule is C[C@@H]1C[C@H](N(C)CCC(=O)N[C@H](CF)[C@H](O)c2ccc(-c3cnccn3)cc2)C[C@H](O)O1. The van der Waals surface area contributed by atoms with E-state index in [0.29, 0.717) is 24.2 Å². The highest BCUT2D eigenvalue weighted by molar-refractivity contribution is 5.76. The fourth-order valence-electron chi connectivity index (χ4n) is 3.92. The zero-order chi connectivity index (χ0) is 23.1. The van der Waals surface area contributed by atoms with Gasteiger partial charge in [-0.15, -0.1) is 0 Å². The van der Waals surface area contributed by atoms with E-state index in [1.807, 2.05) is 18.9 Å². The molecule has 1 aliphatic rings. The quantitative estimate of drug-likeness (QED) is 0.539. The third kappa shape index (κ3) is 6.52. The van der Waals surface area contributed by atoms with Crippen molar-refractivity contribution in [1.29, 1.82) is 0 Å². The number of benzene rings is 1. The van der Waals surface area contributed by atoms with E-state index < -0.39 is 25.1 Å². The summed E-state index contributed by atoms with van der Waals surface area (Å²) in [6.45, 7) is 1.47. The first-order valence-electron chi connectivity index (χ1n) is 10.8. The molecule has 3 rings (SSSR count). The van der Waals surface area contributed by atoms with Crippen molar-refractivity contribution in [3.8, 4) is 11.3 Å². The predicted octanol–water partition coefficient (Wildman–Crippen LogP) is 1.84. The Labute approximate surface area is 187 Å². The molecule has 1 saturated heterocycles. The highest BCUT2D eigenvalue weighted by atomic mass is 19.1. The van der Waals surface area contributed by atoms with Crippen LogP contribution in [0.3, 0.4) is 0 Å². The maximum Gasteiger partial charge on any atom is 0.221 e. The van der Waals surface area contributed by atoms with E-state index in [1.165, 1.54) is 0 Å². The lowest BCUT2D eigenvalue weighted by atomic mass is 10.0. The average molecular weight is 447 g/mol. The Morgan fingerprint density at radius 1 is 1.31 bits per heavy atom. The minimum Gasteiger partial charge on any atom is -0.386 e. The number of halogens is 1. The van der Waals surface area contributed by atoms with Crippen LogP contribution < -0.4 is 5.32 Å². The van der Waals surface area contributed by atoms with Gasteiger partial charge in [0, 0.05) is 43.4 Å². The van der Waals surface area contributed by atoms with Gasteiger partial charge in [0.15, 0.2) is 6.29 Å². The van der Waals surface area contributed by atoms with Crippen molar-refractivity contribution >= 4 is 5.91 Å². The molecule has 1 aliphatic heterocycles. The summed E-state index contributed by atoms with van der Waals surface area (Å²) in [6.07, 6.45) is 4.20. The maximum absolute atomic E-state index is 13.6. The van der Waals surface area contributed by atoms with Gasteiger partial charge in [-0.25, -0.2) is 4.39 Å². The van der Waals surface area contributed by atoms with Gasteiger partial charge in [-0.3, -0.25) is 14.8 Å². The van der Waals surface area contributed by atoms with Crippen LogP contribution in [0.2, 0.25) is 0 Å². The van der Waals surface area contributed by atoms with E-state index >= 15 is 0 Å². The van der Waals surface area contributed by atoms with Gasteiger partial charge in [-0.1, -0.05) is 24.3 Å². The number of nitrogens with one attached hydrogen (secondary N) is 1. The molecule has 5 atom stereocenters. The van der Waals surface area contributed by atoms with Crippen LogP contribution in [0.1, 0.15) is 37.9 Å². The molecule has 0 spiro atoms. The Morgan fingerprint density at radius 2 is 2.06 bits per heavy atom. The summed E-state index contributed by atoms with van der Waals surface area (Å²) in [4.78, 5) is 22.7. The molecule has 0 radical (unpaired) electrons. The summed E-state index contributed by atoms with van der Waals surface area (Å²) in [5.41, 5.74) is 2.02. The summed E-state index contributed by atoms with van der Waals surface area (Å²) in [5, 5.41) is 23.0. The van der Waals surface area contributed by atoms with Gasteiger partial charge in [0.1, 0.15) is 12.8 Å². The van der Waals surface area contributed by atoms with Gasteiger partial charge in [0.2, 0.25) is 5.91 Å². The summed E-state index contributed by atoms with van der Waals surface area (Å²) in [6, 6.07) is 6.00. The lowest BCUT2D eigenvalue weighted by Gasteiger charge is -2.36. The van der Waals surface area contributed by atoms with Crippen molar-refractivity contribution in [2.75, 3.05) is 20.3 Å². The third-order valence-corrected chi connectivity index (χ3v) is 5.79. The van der Waals surface area contributed by atoms with Crippen molar-refractivity contribution in [2.24, 2.45) is 0 Å². The molecular formula is C23H31FN4O4. The van der Waals surface area contributed by atoms with Gasteiger partial charge in [0.25, 0.3) is 0 Å². The van der Waals surface area contributed by atoms with E-state index in [9.17, 15) is 19.4 Å². The zero-order valence-corrected chi connectivity index (χ0v) is 18.4. The third-order valence-electron chi connectivity index (χ3n) is 5.79. The van der Waals surface area contributed by atoms with Gasteiger partial charge in [-0.05, 0) is 26.0 Å². The topological polar surface area (TPSA) is 108 Å². The largest absolute Gasteiger partial charge is 0.386 e. The van der Waals surface area contributed by atoms with Crippen LogP contribution in [0.25, 0.3) is 11.3 Å². The molecule has 0 unspecified atom stereocenters. The van der Waals surface area contributed by atoms with Crippen LogP contribution in [0.5, 0.6) is 0 Å². The van der Waals surface area contributed by atoms with Crippen molar-refractivity contribution in [1.82, 2.24) is 20.2 Å². The number of alkyl halides is 1. The van der Waals surface area contributed by atoms with Crippen molar-refractivity contribution in [3.05, 3.63) is 48.4 Å². The van der Waals surface area contributed by atoms with E-state index in [1.54, 1.807) is 42.9 Å². The molecule has 32 heavy (non-hydrogen) atoms. The van der Waals surface area contributed by atoms with Crippen LogP contribution in [0.4, 0.5) is 4.39 Å². The maximum atomic E-state index is 13.6. The Balaban J connectivity index is 1.52. The Hall–Kier alpha value is -2.46. The molecule has 1 fully saturated rings. The molecule has 1 aromatic carbocycles. The van der Waals surface area contributed by atoms with Crippen molar-refractivity contribution in [3.63, 3.8) is 0 Å². The van der Waals surface area contributed by atoms with Gasteiger partial charge >= 0.3 is 0 Å². The number of carbonyl (C=O) groups excluding carboxylic acids is 1. The molecule has 174 valence electrons. The number of amides is 1. The number of hydrogen-bond donors (Lipinski definition) is 3. The van der Waals surface area contributed by atoms with Crippen LogP contribution in [-0.4, -0.2) is 75.7 Å². The summed E-state index contributed by atoms with van der Waals surface area (Å²) < 4.78 is 19.0. The fraction of sp³-hybridized carbons (Fsp3) is 0.522. The van der Waals surface area contributed by atoms with Crippen LogP contribution in [0, 0.1) is 0 Å². The molecular weight excluding hydrogens is 415 g/mol. The number of aliphatic hydroxyl groups is 2. The van der Waals surface area contributed by atoms with Gasteiger partial charge in [-0.2, -0.15) is 0 Å². The molecule has 8 nitrogen and oxygen atoms in total. The standard InChI is InChI=1S/C23H31FN4O4/c1-15-11-18(12-22(30)32-15)28(2)10-7-21(29)27-19(13-24)23(31)17-5-3-16(4-6-17)20-14-25-8-9-26-20/h3-6,8-9,14-15,18-19,22-23,30-31H,7,10-13H2,1-2H3,(H,27,29)/t15-,18+,19-,22-,23-/m1/s1. The van der Waals surface area contributed by atoms with E-state index in [4.69, 9.17) is 4.74 Å². The lowest BCUT2D eigenvalue weighted by molar-refractivity contribution is -0.173. The van der Waals surface area contributed by atoms with Gasteiger partial charge in [0.05, 0.1) is 24.0 Å². The highest BCUT2D eigenvalue weighted by Gasteiger charge is 2.29. The molecule has 9 heteroatoms. The highest BCUT2D eigenvalue weighted by Crippen LogP contribution is 2.23. The number of rotatable bonds is 9. The average Bonchev–Trinajstić information content (AvgIpc) is 2.80. The number of ether oxygens (including phenoxy) is 1. The Kier molecular flexibility index (Phi) is 8.63. The van der Waals surface area contributed by atoms with Crippen LogP contribution in [0.15, 0.2) is 42.9 Å². The first-order valence-corrected chi connectivity index (χ1v) is 10.8. The molecule has 0 aliphatic carbocycles. The van der Waals surface area contributed by atoms with Crippen molar-refractivity contribution in [2.45, 2.75) is 56.8 Å².